The maximum absolute atomic E-state index is 14.3. The van der Waals surface area contributed by atoms with Gasteiger partial charge in [0.2, 0.25) is 12.7 Å². The first-order valence-corrected chi connectivity index (χ1v) is 10.1. The summed E-state index contributed by atoms with van der Waals surface area (Å²) in [5.41, 5.74) is 1.20. The Labute approximate surface area is 173 Å². The number of halogens is 1. The first-order chi connectivity index (χ1) is 14.6. The number of nitrogens with one attached hydrogen (secondary N) is 1. The molecule has 0 saturated carbocycles. The number of ether oxygens (including phenoxy) is 2. The summed E-state index contributed by atoms with van der Waals surface area (Å²) in [6.45, 7) is 1.11. The molecule has 8 heteroatoms. The third-order valence-corrected chi connectivity index (χ3v) is 5.90. The lowest BCUT2D eigenvalue weighted by Gasteiger charge is -2.47. The van der Waals surface area contributed by atoms with Crippen LogP contribution in [0.5, 0.6) is 11.5 Å². The summed E-state index contributed by atoms with van der Waals surface area (Å²) in [6.07, 6.45) is 1.12. The normalized spacial score (nSPS) is 23.0. The van der Waals surface area contributed by atoms with Crippen LogP contribution in [0, 0.1) is 11.7 Å². The third kappa shape index (κ3) is 3.27. The fraction of sp³-hybridized carbons (Fsp3) is 0.364. The quantitative estimate of drug-likeness (QED) is 0.838. The van der Waals surface area contributed by atoms with E-state index in [1.54, 1.807) is 35.2 Å². The molecule has 30 heavy (non-hydrogen) atoms. The highest BCUT2D eigenvalue weighted by molar-refractivity contribution is 5.98. The molecule has 2 saturated heterocycles. The maximum atomic E-state index is 14.3. The molecule has 0 aromatic heterocycles. The second-order valence-corrected chi connectivity index (χ2v) is 7.76. The van der Waals surface area contributed by atoms with Crippen molar-refractivity contribution in [3.63, 3.8) is 0 Å². The van der Waals surface area contributed by atoms with E-state index in [-0.39, 0.29) is 37.5 Å². The van der Waals surface area contributed by atoms with Crippen LogP contribution in [0.4, 0.5) is 9.18 Å². The molecule has 3 aliphatic heterocycles. The highest BCUT2D eigenvalue weighted by Gasteiger charge is 2.47. The largest absolute Gasteiger partial charge is 0.454 e. The van der Waals surface area contributed by atoms with Gasteiger partial charge in [-0.3, -0.25) is 15.0 Å². The Morgan fingerprint density at radius 2 is 1.90 bits per heavy atom. The van der Waals surface area contributed by atoms with Crippen LogP contribution in [0.1, 0.15) is 24.0 Å². The van der Waals surface area contributed by atoms with E-state index < -0.39 is 12.2 Å². The summed E-state index contributed by atoms with van der Waals surface area (Å²) < 4.78 is 25.0. The molecule has 3 aliphatic rings. The molecule has 156 valence electrons. The van der Waals surface area contributed by atoms with Crippen molar-refractivity contribution < 1.29 is 23.5 Å². The summed E-state index contributed by atoms with van der Waals surface area (Å²) in [5.74, 6) is 0.339. The molecule has 0 radical (unpaired) electrons. The number of nitrogens with zero attached hydrogens (tertiary/aromatic N) is 2. The van der Waals surface area contributed by atoms with E-state index >= 15 is 0 Å². The van der Waals surface area contributed by atoms with Crippen LogP contribution in [0.25, 0.3) is 0 Å². The number of hydrogen-bond acceptors (Lipinski definition) is 5. The van der Waals surface area contributed by atoms with E-state index in [1.165, 1.54) is 11.0 Å². The predicted molar refractivity (Wildman–Crippen MR) is 105 cm³/mol. The van der Waals surface area contributed by atoms with E-state index in [0.717, 1.165) is 18.5 Å². The lowest BCUT2D eigenvalue weighted by atomic mass is 9.91. The van der Waals surface area contributed by atoms with E-state index in [1.807, 2.05) is 6.07 Å². The van der Waals surface area contributed by atoms with Crippen molar-refractivity contribution in [2.45, 2.75) is 32.1 Å². The number of carbonyl (C=O) groups is 2. The highest BCUT2D eigenvalue weighted by atomic mass is 19.1. The van der Waals surface area contributed by atoms with Gasteiger partial charge in [-0.1, -0.05) is 24.3 Å². The Hall–Kier alpha value is -3.13. The third-order valence-electron chi connectivity index (χ3n) is 5.90. The number of rotatable bonds is 4. The molecule has 0 aliphatic carbocycles. The van der Waals surface area contributed by atoms with Crippen molar-refractivity contribution in [2.75, 3.05) is 13.3 Å². The molecular formula is C22H22FN3O4. The highest BCUT2D eigenvalue weighted by Crippen LogP contribution is 2.34. The van der Waals surface area contributed by atoms with Crippen LogP contribution in [0.2, 0.25) is 0 Å². The minimum atomic E-state index is -0.425. The molecule has 2 aromatic carbocycles. The molecule has 2 aromatic rings. The van der Waals surface area contributed by atoms with Crippen molar-refractivity contribution in [3.8, 4) is 11.5 Å². The first-order valence-electron chi connectivity index (χ1n) is 10.1. The van der Waals surface area contributed by atoms with Gasteiger partial charge in [0.15, 0.2) is 11.5 Å². The second-order valence-electron chi connectivity index (χ2n) is 7.76. The SMILES string of the molecule is O=C1C2CCCNC2N(Cc2ccccc2F)C(=O)N1Cc1ccc2c(c1)OCO2. The number of hydrogen-bond donors (Lipinski definition) is 1. The molecule has 2 unspecified atom stereocenters. The average molecular weight is 411 g/mol. The standard InChI is InChI=1S/C22H22FN3O4/c23-17-6-2-1-4-15(17)12-25-20-16(5-3-9-24-20)21(27)26(22(25)28)11-14-7-8-18-19(10-14)30-13-29-18/h1-2,4,6-8,10,16,20,24H,3,5,9,11-13H2. The first kappa shape index (κ1) is 18.9. The Morgan fingerprint density at radius 1 is 1.07 bits per heavy atom. The Kier molecular flexibility index (Phi) is 4.78. The molecule has 0 bridgehead atoms. The van der Waals surface area contributed by atoms with Crippen molar-refractivity contribution in [1.29, 1.82) is 0 Å². The van der Waals surface area contributed by atoms with Gasteiger partial charge in [0, 0.05) is 5.56 Å². The van der Waals surface area contributed by atoms with Crippen molar-refractivity contribution >= 4 is 11.9 Å². The summed E-state index contributed by atoms with van der Waals surface area (Å²) in [6, 6.07) is 11.4. The van der Waals surface area contributed by atoms with Gasteiger partial charge in [-0.25, -0.2) is 9.18 Å². The smallest absolute Gasteiger partial charge is 0.328 e. The zero-order chi connectivity index (χ0) is 20.7. The topological polar surface area (TPSA) is 71.1 Å². The van der Waals surface area contributed by atoms with E-state index in [4.69, 9.17) is 9.47 Å². The van der Waals surface area contributed by atoms with Crippen LogP contribution in [0.3, 0.4) is 0 Å². The van der Waals surface area contributed by atoms with Crippen LogP contribution >= 0.6 is 0 Å². The van der Waals surface area contributed by atoms with E-state index in [9.17, 15) is 14.0 Å². The fourth-order valence-electron chi connectivity index (χ4n) is 4.37. The number of fused-ring (bicyclic) bond motifs is 2. The van der Waals surface area contributed by atoms with Crippen LogP contribution < -0.4 is 14.8 Å². The summed E-state index contributed by atoms with van der Waals surface area (Å²) >= 11 is 0. The van der Waals surface area contributed by atoms with E-state index in [0.29, 0.717) is 23.5 Å². The van der Waals surface area contributed by atoms with Crippen LogP contribution in [-0.4, -0.2) is 41.2 Å². The molecule has 3 heterocycles. The van der Waals surface area contributed by atoms with Gasteiger partial charge in [-0.2, -0.15) is 0 Å². The average Bonchev–Trinajstić information content (AvgIpc) is 3.23. The summed E-state index contributed by atoms with van der Waals surface area (Å²) in [4.78, 5) is 29.4. The van der Waals surface area contributed by atoms with Crippen molar-refractivity contribution in [3.05, 3.63) is 59.4 Å². The molecule has 0 spiro atoms. The van der Waals surface area contributed by atoms with Crippen LogP contribution in [-0.2, 0) is 17.9 Å². The molecule has 5 rings (SSSR count). The number of benzene rings is 2. The molecule has 2 fully saturated rings. The minimum absolute atomic E-state index is 0.102. The lowest BCUT2D eigenvalue weighted by Crippen LogP contribution is -2.66. The summed E-state index contributed by atoms with van der Waals surface area (Å²) in [7, 11) is 0. The van der Waals surface area contributed by atoms with Gasteiger partial charge >= 0.3 is 6.03 Å². The van der Waals surface area contributed by atoms with Gasteiger partial charge in [0.1, 0.15) is 5.82 Å². The summed E-state index contributed by atoms with van der Waals surface area (Å²) in [5, 5.41) is 3.29. The second kappa shape index (κ2) is 7.60. The fourth-order valence-corrected chi connectivity index (χ4v) is 4.37. The molecule has 2 atom stereocenters. The number of carbonyl (C=O) groups excluding carboxylic acids is 2. The molecule has 3 amide bonds. The Balaban J connectivity index is 1.44. The predicted octanol–water partition coefficient (Wildman–Crippen LogP) is 2.84. The van der Waals surface area contributed by atoms with Crippen molar-refractivity contribution in [1.82, 2.24) is 15.1 Å². The minimum Gasteiger partial charge on any atom is -0.454 e. The lowest BCUT2D eigenvalue weighted by molar-refractivity contribution is -0.142. The monoisotopic (exact) mass is 411 g/mol. The molecular weight excluding hydrogens is 389 g/mol. The van der Waals surface area contributed by atoms with Gasteiger partial charge in [0.25, 0.3) is 0 Å². The Bertz CT molecular complexity index is 998. The zero-order valence-corrected chi connectivity index (χ0v) is 16.3. The molecule has 7 nitrogen and oxygen atoms in total. The van der Waals surface area contributed by atoms with Crippen LogP contribution in [0.15, 0.2) is 42.5 Å². The van der Waals surface area contributed by atoms with Gasteiger partial charge < -0.3 is 14.4 Å². The van der Waals surface area contributed by atoms with Gasteiger partial charge in [-0.05, 0) is 43.1 Å². The number of amides is 3. The number of piperidine rings is 1. The molecule has 1 N–H and O–H groups in total. The maximum Gasteiger partial charge on any atom is 0.328 e. The number of urea groups is 1. The Morgan fingerprint density at radius 3 is 2.77 bits per heavy atom. The number of imide groups is 1. The zero-order valence-electron chi connectivity index (χ0n) is 16.3. The van der Waals surface area contributed by atoms with Gasteiger partial charge in [-0.15, -0.1) is 0 Å². The van der Waals surface area contributed by atoms with E-state index in [2.05, 4.69) is 5.32 Å². The van der Waals surface area contributed by atoms with Gasteiger partial charge in [0.05, 0.1) is 25.2 Å². The van der Waals surface area contributed by atoms with Crippen molar-refractivity contribution in [2.24, 2.45) is 5.92 Å².